The lowest BCUT2D eigenvalue weighted by atomic mass is 10.1. The number of methoxy groups -OCH3 is 1. The Hall–Kier alpha value is -3.33. The molecule has 1 amide bonds. The molecule has 9 nitrogen and oxygen atoms in total. The number of esters is 1. The van der Waals surface area contributed by atoms with Gasteiger partial charge >= 0.3 is 5.97 Å². The van der Waals surface area contributed by atoms with Crippen molar-refractivity contribution in [3.63, 3.8) is 0 Å². The van der Waals surface area contributed by atoms with Gasteiger partial charge in [-0.2, -0.15) is 0 Å². The second kappa shape index (κ2) is 10.6. The maximum Gasteiger partial charge on any atom is 0.302 e. The Balaban J connectivity index is 1.73. The van der Waals surface area contributed by atoms with E-state index in [9.17, 15) is 14.7 Å². The van der Waals surface area contributed by atoms with Crippen molar-refractivity contribution in [1.82, 2.24) is 9.88 Å². The molecule has 0 radical (unpaired) electrons. The van der Waals surface area contributed by atoms with Gasteiger partial charge in [-0.15, -0.1) is 0 Å². The molecule has 0 bridgehead atoms. The number of carbonyl (C=O) groups excluding carboxylic acids is 2. The van der Waals surface area contributed by atoms with Crippen LogP contribution in [-0.4, -0.2) is 73.0 Å². The fourth-order valence-electron chi connectivity index (χ4n) is 3.35. The molecule has 1 N–H and O–H groups in total. The third-order valence-corrected chi connectivity index (χ3v) is 4.85. The van der Waals surface area contributed by atoms with Crippen LogP contribution in [0.5, 0.6) is 17.2 Å². The highest BCUT2D eigenvalue weighted by Gasteiger charge is 2.30. The molecule has 2 heterocycles. The van der Waals surface area contributed by atoms with Gasteiger partial charge in [-0.05, 0) is 24.3 Å². The van der Waals surface area contributed by atoms with Crippen molar-refractivity contribution in [2.24, 2.45) is 0 Å². The van der Waals surface area contributed by atoms with Crippen LogP contribution < -0.4 is 9.47 Å². The molecule has 1 aliphatic heterocycles. The normalized spacial score (nSPS) is 15.9. The van der Waals surface area contributed by atoms with Crippen molar-refractivity contribution in [2.75, 3.05) is 40.1 Å². The van der Waals surface area contributed by atoms with Crippen LogP contribution in [0.25, 0.3) is 0 Å². The predicted octanol–water partition coefficient (Wildman–Crippen LogP) is 1.82. The van der Waals surface area contributed by atoms with Crippen LogP contribution in [0.3, 0.4) is 0 Å². The number of carbonyl (C=O) groups is 2. The number of morpholine rings is 1. The molecule has 166 valence electrons. The molecule has 0 saturated carbocycles. The van der Waals surface area contributed by atoms with Crippen LogP contribution >= 0.6 is 0 Å². The fourth-order valence-corrected chi connectivity index (χ4v) is 3.35. The highest BCUT2D eigenvalue weighted by molar-refractivity contribution is 5.95. The Morgan fingerprint density at radius 3 is 2.90 bits per heavy atom. The Bertz CT molecular complexity index is 918. The summed E-state index contributed by atoms with van der Waals surface area (Å²) in [6, 6.07) is 7.91. The molecule has 2 aromatic rings. The summed E-state index contributed by atoms with van der Waals surface area (Å²) in [7, 11) is 1.45. The van der Waals surface area contributed by atoms with E-state index >= 15 is 0 Å². The number of hydrogen-bond donors (Lipinski definition) is 1. The Kier molecular flexibility index (Phi) is 7.66. The number of amides is 1. The van der Waals surface area contributed by atoms with E-state index in [0.29, 0.717) is 43.2 Å². The summed E-state index contributed by atoms with van der Waals surface area (Å²) in [5.41, 5.74) is 1.02. The molecule has 1 saturated heterocycles. The maximum absolute atomic E-state index is 13.3. The zero-order valence-electron chi connectivity index (χ0n) is 17.6. The number of benzene rings is 1. The lowest BCUT2D eigenvalue weighted by molar-refractivity contribution is -0.140. The number of rotatable bonds is 8. The number of pyridine rings is 1. The van der Waals surface area contributed by atoms with E-state index in [-0.39, 0.29) is 42.6 Å². The average molecular weight is 430 g/mol. The number of para-hydroxylation sites is 1. The van der Waals surface area contributed by atoms with E-state index in [1.165, 1.54) is 20.1 Å². The second-order valence-electron chi connectivity index (χ2n) is 6.93. The zero-order valence-corrected chi connectivity index (χ0v) is 17.6. The number of aromatic hydroxyl groups is 1. The van der Waals surface area contributed by atoms with E-state index in [1.54, 1.807) is 35.4 Å². The van der Waals surface area contributed by atoms with Crippen LogP contribution in [0.15, 0.2) is 36.5 Å². The molecule has 0 spiro atoms. The minimum atomic E-state index is -0.378. The first-order valence-electron chi connectivity index (χ1n) is 9.96. The average Bonchev–Trinajstić information content (AvgIpc) is 2.77. The highest BCUT2D eigenvalue weighted by atomic mass is 16.5. The Morgan fingerprint density at radius 2 is 2.13 bits per heavy atom. The topological polar surface area (TPSA) is 107 Å². The third kappa shape index (κ3) is 5.64. The van der Waals surface area contributed by atoms with Gasteiger partial charge in [-0.3, -0.25) is 14.6 Å². The van der Waals surface area contributed by atoms with E-state index < -0.39 is 0 Å². The summed E-state index contributed by atoms with van der Waals surface area (Å²) in [5, 5.41) is 9.92. The molecular formula is C22H26N2O7. The lowest BCUT2D eigenvalue weighted by Crippen LogP contribution is -2.51. The molecule has 1 fully saturated rings. The fraction of sp³-hybridized carbons (Fsp3) is 0.409. The van der Waals surface area contributed by atoms with Gasteiger partial charge in [-0.25, -0.2) is 0 Å². The highest BCUT2D eigenvalue weighted by Crippen LogP contribution is 2.36. The smallest absolute Gasteiger partial charge is 0.302 e. The van der Waals surface area contributed by atoms with Crippen molar-refractivity contribution in [3.05, 3.63) is 47.8 Å². The van der Waals surface area contributed by atoms with E-state index in [2.05, 4.69) is 4.98 Å². The van der Waals surface area contributed by atoms with Gasteiger partial charge in [0.2, 0.25) is 5.75 Å². The zero-order chi connectivity index (χ0) is 22.2. The second-order valence-corrected chi connectivity index (χ2v) is 6.93. The molecule has 3 rings (SSSR count). The van der Waals surface area contributed by atoms with Crippen LogP contribution in [0.1, 0.15) is 23.0 Å². The summed E-state index contributed by atoms with van der Waals surface area (Å²) in [6.45, 7) is 2.79. The minimum Gasteiger partial charge on any atom is -0.504 e. The first-order chi connectivity index (χ1) is 15.0. The number of aromatic nitrogens is 1. The molecule has 1 atom stereocenters. The quantitative estimate of drug-likeness (QED) is 0.632. The molecule has 0 aliphatic carbocycles. The van der Waals surface area contributed by atoms with Crippen LogP contribution in [0, 0.1) is 0 Å². The number of ether oxygens (including phenoxy) is 4. The monoisotopic (exact) mass is 430 g/mol. The first kappa shape index (κ1) is 22.4. The molecule has 1 aliphatic rings. The van der Waals surface area contributed by atoms with E-state index in [1.807, 2.05) is 0 Å². The summed E-state index contributed by atoms with van der Waals surface area (Å²) in [6.07, 6.45) is 1.95. The van der Waals surface area contributed by atoms with Crippen molar-refractivity contribution in [2.45, 2.75) is 19.4 Å². The summed E-state index contributed by atoms with van der Waals surface area (Å²) in [5.74, 6) is 0.0175. The number of nitrogens with zero attached hydrogens (tertiary/aromatic N) is 2. The maximum atomic E-state index is 13.3. The Morgan fingerprint density at radius 1 is 1.29 bits per heavy atom. The molecule has 1 aromatic heterocycles. The summed E-state index contributed by atoms with van der Waals surface area (Å²) >= 11 is 0. The largest absolute Gasteiger partial charge is 0.504 e. The van der Waals surface area contributed by atoms with Crippen LogP contribution in [-0.2, 0) is 20.7 Å². The number of phenols is 1. The van der Waals surface area contributed by atoms with Crippen molar-refractivity contribution < 1.29 is 33.6 Å². The van der Waals surface area contributed by atoms with Crippen LogP contribution in [0.2, 0.25) is 0 Å². The van der Waals surface area contributed by atoms with Gasteiger partial charge in [0, 0.05) is 26.1 Å². The van der Waals surface area contributed by atoms with Gasteiger partial charge in [0.05, 0.1) is 44.2 Å². The first-order valence-corrected chi connectivity index (χ1v) is 9.96. The van der Waals surface area contributed by atoms with Gasteiger partial charge in [0.1, 0.15) is 6.61 Å². The van der Waals surface area contributed by atoms with Gasteiger partial charge in [-0.1, -0.05) is 6.07 Å². The van der Waals surface area contributed by atoms with E-state index in [4.69, 9.17) is 18.9 Å². The molecule has 31 heavy (non-hydrogen) atoms. The third-order valence-electron chi connectivity index (χ3n) is 4.85. The standard InChI is InChI=1S/C22H26N2O7/c1-15(25)30-11-8-18-17(5-4-9-23-18)22(27)24-10-12-29-13-16(24)14-31-20-7-3-6-19(26)21(20)28-2/h3-7,9,16,26H,8,10-14H2,1-2H3/t16-/m0/s1. The summed E-state index contributed by atoms with van der Waals surface area (Å²) in [4.78, 5) is 30.3. The SMILES string of the molecule is COc1c(O)cccc1OC[C@@H]1COCCN1C(=O)c1cccnc1CCOC(C)=O. The minimum absolute atomic E-state index is 0.0272. The van der Waals surface area contributed by atoms with Crippen LogP contribution in [0.4, 0.5) is 0 Å². The lowest BCUT2D eigenvalue weighted by Gasteiger charge is -2.35. The molecule has 0 unspecified atom stereocenters. The van der Waals surface area contributed by atoms with Crippen molar-refractivity contribution in [3.8, 4) is 17.2 Å². The van der Waals surface area contributed by atoms with E-state index in [0.717, 1.165) is 0 Å². The van der Waals surface area contributed by atoms with Gasteiger partial charge in [0.15, 0.2) is 11.5 Å². The molecule has 9 heteroatoms. The van der Waals surface area contributed by atoms with Gasteiger partial charge in [0.25, 0.3) is 5.91 Å². The molecular weight excluding hydrogens is 404 g/mol. The molecule has 1 aromatic carbocycles. The predicted molar refractivity (Wildman–Crippen MR) is 110 cm³/mol. The number of hydrogen-bond acceptors (Lipinski definition) is 8. The van der Waals surface area contributed by atoms with Crippen molar-refractivity contribution in [1.29, 1.82) is 0 Å². The number of phenolic OH excluding ortho intramolecular Hbond substituents is 1. The Labute approximate surface area is 180 Å². The van der Waals surface area contributed by atoms with Gasteiger partial charge < -0.3 is 29.0 Å². The van der Waals surface area contributed by atoms with Crippen molar-refractivity contribution >= 4 is 11.9 Å². The summed E-state index contributed by atoms with van der Waals surface area (Å²) < 4.78 is 21.6.